The van der Waals surface area contributed by atoms with E-state index in [2.05, 4.69) is 0 Å². The Balaban J connectivity index is 1.61. The van der Waals surface area contributed by atoms with Gasteiger partial charge < -0.3 is 14.5 Å². The lowest BCUT2D eigenvalue weighted by Gasteiger charge is -2.27. The molecule has 2 aromatic carbocycles. The summed E-state index contributed by atoms with van der Waals surface area (Å²) >= 11 is 12.0. The van der Waals surface area contributed by atoms with E-state index in [0.29, 0.717) is 27.9 Å². The molecular formula is C22H24Cl2N2O3. The number of hydrogen-bond acceptors (Lipinski definition) is 3. The Bertz CT molecular complexity index is 862. The van der Waals surface area contributed by atoms with Gasteiger partial charge in [-0.05, 0) is 55.2 Å². The fraction of sp³-hybridized carbons (Fsp3) is 0.364. The van der Waals surface area contributed by atoms with E-state index < -0.39 is 0 Å². The molecule has 3 rings (SSSR count). The lowest BCUT2D eigenvalue weighted by molar-refractivity contribution is -0.132. The summed E-state index contributed by atoms with van der Waals surface area (Å²) in [5.74, 6) is 0.173. The molecule has 0 aromatic heterocycles. The minimum Gasteiger partial charge on any atom is -0.483 e. The van der Waals surface area contributed by atoms with Crippen LogP contribution in [0, 0.1) is 0 Å². The topological polar surface area (TPSA) is 49.9 Å². The number of para-hydroxylation sites is 1. The Morgan fingerprint density at radius 1 is 1.03 bits per heavy atom. The van der Waals surface area contributed by atoms with Crippen molar-refractivity contribution in [1.82, 2.24) is 9.80 Å². The first-order valence-corrected chi connectivity index (χ1v) is 10.4. The number of carbonyl (C=O) groups is 2. The van der Waals surface area contributed by atoms with Crippen LogP contribution >= 0.6 is 23.2 Å². The van der Waals surface area contributed by atoms with Gasteiger partial charge in [-0.1, -0.05) is 35.3 Å². The molecule has 2 amide bonds. The number of likely N-dealkylation sites (N-methyl/N-ethyl adjacent to an activating group) is 1. The zero-order valence-corrected chi connectivity index (χ0v) is 17.9. The van der Waals surface area contributed by atoms with Gasteiger partial charge in [0.05, 0.1) is 5.56 Å². The Kier molecular flexibility index (Phi) is 7.40. The van der Waals surface area contributed by atoms with E-state index in [1.807, 2.05) is 4.90 Å². The average Bonchev–Trinajstić information content (AvgIpc) is 2.71. The fourth-order valence-electron chi connectivity index (χ4n) is 3.35. The van der Waals surface area contributed by atoms with Gasteiger partial charge in [0.1, 0.15) is 5.75 Å². The number of amides is 2. The molecule has 154 valence electrons. The number of rotatable bonds is 6. The third-order valence-corrected chi connectivity index (χ3v) is 5.32. The van der Waals surface area contributed by atoms with Crippen molar-refractivity contribution in [3.8, 4) is 5.75 Å². The van der Waals surface area contributed by atoms with Crippen molar-refractivity contribution in [2.45, 2.75) is 25.8 Å². The SMILES string of the molecule is CN(Cc1cc(Cl)cc(Cl)c1)C(=O)COc1ccccc1C(=O)N1CCCCC1. The normalized spacial score (nSPS) is 13.8. The Labute approximate surface area is 181 Å². The summed E-state index contributed by atoms with van der Waals surface area (Å²) in [5, 5.41) is 1.05. The van der Waals surface area contributed by atoms with Gasteiger partial charge in [-0.15, -0.1) is 0 Å². The van der Waals surface area contributed by atoms with Crippen LogP contribution in [0.2, 0.25) is 10.0 Å². The van der Waals surface area contributed by atoms with Crippen LogP contribution in [0.1, 0.15) is 35.2 Å². The van der Waals surface area contributed by atoms with Gasteiger partial charge in [-0.25, -0.2) is 0 Å². The third kappa shape index (κ3) is 5.87. The highest BCUT2D eigenvalue weighted by molar-refractivity contribution is 6.34. The van der Waals surface area contributed by atoms with Crippen LogP contribution in [0.5, 0.6) is 5.75 Å². The van der Waals surface area contributed by atoms with Crippen molar-refractivity contribution in [3.05, 3.63) is 63.6 Å². The predicted octanol–water partition coefficient (Wildman–Crippen LogP) is 4.66. The number of ether oxygens (including phenoxy) is 1. The van der Waals surface area contributed by atoms with Crippen LogP contribution in [0.15, 0.2) is 42.5 Å². The molecule has 1 aliphatic rings. The van der Waals surface area contributed by atoms with Gasteiger partial charge in [0, 0.05) is 36.7 Å². The van der Waals surface area contributed by atoms with Crippen LogP contribution in [-0.2, 0) is 11.3 Å². The summed E-state index contributed by atoms with van der Waals surface area (Å²) in [4.78, 5) is 28.7. The monoisotopic (exact) mass is 434 g/mol. The standard InChI is InChI=1S/C22H24Cl2N2O3/c1-25(14-16-11-17(23)13-18(24)12-16)21(27)15-29-20-8-4-3-7-19(20)22(28)26-9-5-2-6-10-26/h3-4,7-8,11-13H,2,5-6,9-10,14-15H2,1H3. The molecule has 1 fully saturated rings. The maximum Gasteiger partial charge on any atom is 0.260 e. The first kappa shape index (κ1) is 21.5. The summed E-state index contributed by atoms with van der Waals surface area (Å²) < 4.78 is 5.73. The summed E-state index contributed by atoms with van der Waals surface area (Å²) in [6, 6.07) is 12.3. The molecule has 0 bridgehead atoms. The molecule has 5 nitrogen and oxygen atoms in total. The van der Waals surface area contributed by atoms with E-state index >= 15 is 0 Å². The largest absolute Gasteiger partial charge is 0.483 e. The number of halogens is 2. The van der Waals surface area contributed by atoms with Gasteiger partial charge in [0.25, 0.3) is 11.8 Å². The van der Waals surface area contributed by atoms with E-state index in [9.17, 15) is 9.59 Å². The van der Waals surface area contributed by atoms with Crippen molar-refractivity contribution in [3.63, 3.8) is 0 Å². The summed E-state index contributed by atoms with van der Waals surface area (Å²) in [6.45, 7) is 1.72. The fourth-order valence-corrected chi connectivity index (χ4v) is 3.92. The summed E-state index contributed by atoms with van der Waals surface area (Å²) in [6.07, 6.45) is 3.19. The summed E-state index contributed by atoms with van der Waals surface area (Å²) in [5.41, 5.74) is 1.32. The van der Waals surface area contributed by atoms with Crippen LogP contribution in [0.3, 0.4) is 0 Å². The second-order valence-corrected chi connectivity index (χ2v) is 8.04. The van der Waals surface area contributed by atoms with Gasteiger partial charge in [0.2, 0.25) is 0 Å². The smallest absolute Gasteiger partial charge is 0.260 e. The molecule has 7 heteroatoms. The quantitative estimate of drug-likeness (QED) is 0.664. The zero-order valence-electron chi connectivity index (χ0n) is 16.4. The van der Waals surface area contributed by atoms with Crippen molar-refractivity contribution in [2.24, 2.45) is 0 Å². The van der Waals surface area contributed by atoms with Gasteiger partial charge in [0.15, 0.2) is 6.61 Å². The molecule has 0 unspecified atom stereocenters. The molecule has 0 atom stereocenters. The van der Waals surface area contributed by atoms with E-state index in [4.69, 9.17) is 27.9 Å². The Morgan fingerprint density at radius 3 is 2.38 bits per heavy atom. The number of piperidine rings is 1. The van der Waals surface area contributed by atoms with E-state index in [1.54, 1.807) is 49.5 Å². The molecule has 1 heterocycles. The molecule has 0 radical (unpaired) electrons. The number of carbonyl (C=O) groups excluding carboxylic acids is 2. The minimum atomic E-state index is -0.207. The Morgan fingerprint density at radius 2 is 1.69 bits per heavy atom. The molecule has 1 saturated heterocycles. The van der Waals surface area contributed by atoms with Gasteiger partial charge in [-0.3, -0.25) is 9.59 Å². The highest BCUT2D eigenvalue weighted by Crippen LogP contribution is 2.23. The molecule has 0 aliphatic carbocycles. The second kappa shape index (κ2) is 9.99. The van der Waals surface area contributed by atoms with E-state index in [1.165, 1.54) is 4.90 Å². The van der Waals surface area contributed by atoms with Crippen molar-refractivity contribution in [1.29, 1.82) is 0 Å². The first-order chi connectivity index (χ1) is 13.9. The van der Waals surface area contributed by atoms with Crippen molar-refractivity contribution < 1.29 is 14.3 Å². The minimum absolute atomic E-state index is 0.0466. The van der Waals surface area contributed by atoms with Crippen molar-refractivity contribution in [2.75, 3.05) is 26.7 Å². The van der Waals surface area contributed by atoms with Gasteiger partial charge >= 0.3 is 0 Å². The molecule has 0 saturated carbocycles. The molecule has 0 spiro atoms. The van der Waals surface area contributed by atoms with Crippen molar-refractivity contribution >= 4 is 35.0 Å². The molecule has 29 heavy (non-hydrogen) atoms. The number of likely N-dealkylation sites (tertiary alicyclic amines) is 1. The Hall–Kier alpha value is -2.24. The highest BCUT2D eigenvalue weighted by Gasteiger charge is 2.22. The molecule has 1 aliphatic heterocycles. The first-order valence-electron chi connectivity index (χ1n) is 9.64. The maximum absolute atomic E-state index is 12.8. The molecular weight excluding hydrogens is 411 g/mol. The zero-order chi connectivity index (χ0) is 20.8. The van der Waals surface area contributed by atoms with Crippen LogP contribution < -0.4 is 4.74 Å². The lowest BCUT2D eigenvalue weighted by Crippen LogP contribution is -2.36. The van der Waals surface area contributed by atoms with Crippen LogP contribution in [-0.4, -0.2) is 48.4 Å². The maximum atomic E-state index is 12.8. The lowest BCUT2D eigenvalue weighted by atomic mass is 10.1. The number of nitrogens with zero attached hydrogens (tertiary/aromatic N) is 2. The molecule has 2 aromatic rings. The predicted molar refractivity (Wildman–Crippen MR) is 115 cm³/mol. The van der Waals surface area contributed by atoms with Gasteiger partial charge in [-0.2, -0.15) is 0 Å². The van der Waals surface area contributed by atoms with E-state index in [0.717, 1.165) is 37.9 Å². The second-order valence-electron chi connectivity index (χ2n) is 7.17. The average molecular weight is 435 g/mol. The summed E-state index contributed by atoms with van der Waals surface area (Å²) in [7, 11) is 1.69. The number of benzene rings is 2. The van der Waals surface area contributed by atoms with Crippen LogP contribution in [0.25, 0.3) is 0 Å². The number of hydrogen-bond donors (Lipinski definition) is 0. The van der Waals surface area contributed by atoms with Crippen LogP contribution in [0.4, 0.5) is 0 Å². The highest BCUT2D eigenvalue weighted by atomic mass is 35.5. The molecule has 0 N–H and O–H groups in total. The third-order valence-electron chi connectivity index (χ3n) is 4.88. The van der Waals surface area contributed by atoms with E-state index in [-0.39, 0.29) is 18.4 Å².